The van der Waals surface area contributed by atoms with Gasteiger partial charge in [0.05, 0.1) is 26.0 Å². The predicted molar refractivity (Wildman–Crippen MR) is 59.4 cm³/mol. The van der Waals surface area contributed by atoms with E-state index in [1.165, 1.54) is 4.90 Å². The monoisotopic (exact) mass is 238 g/mol. The molecule has 1 amide bonds. The molecule has 1 atom stereocenters. The fraction of sp³-hybridized carbons (Fsp3) is 0.455. The van der Waals surface area contributed by atoms with Crippen molar-refractivity contribution < 1.29 is 19.4 Å². The van der Waals surface area contributed by atoms with E-state index in [0.717, 1.165) is 0 Å². The third-order valence-electron chi connectivity index (χ3n) is 2.64. The van der Waals surface area contributed by atoms with Crippen LogP contribution in [-0.4, -0.2) is 47.4 Å². The summed E-state index contributed by atoms with van der Waals surface area (Å²) in [6, 6.07) is 1.73. The minimum Gasteiger partial charge on any atom is -0.495 e. The van der Waals surface area contributed by atoms with Gasteiger partial charge in [-0.25, -0.2) is 4.79 Å². The summed E-state index contributed by atoms with van der Waals surface area (Å²) in [6.07, 6.45) is 2.86. The lowest BCUT2D eigenvalue weighted by Crippen LogP contribution is -2.29. The van der Waals surface area contributed by atoms with Gasteiger partial charge in [0.2, 0.25) is 0 Å². The van der Waals surface area contributed by atoms with E-state index in [1.54, 1.807) is 25.6 Å². The van der Waals surface area contributed by atoms with Crippen LogP contribution < -0.4 is 9.47 Å². The molecule has 1 N–H and O–H groups in total. The number of hydrogen-bond acceptors (Lipinski definition) is 4. The van der Waals surface area contributed by atoms with E-state index in [9.17, 15) is 4.79 Å². The minimum absolute atomic E-state index is 0.111. The summed E-state index contributed by atoms with van der Waals surface area (Å²) in [5.41, 5.74) is 0. The van der Waals surface area contributed by atoms with Crippen LogP contribution >= 0.6 is 0 Å². The number of nitrogens with zero attached hydrogens (tertiary/aromatic N) is 2. The molecular weight excluding hydrogens is 224 g/mol. The molecule has 0 unspecified atom stereocenters. The summed E-state index contributed by atoms with van der Waals surface area (Å²) >= 11 is 0. The molecule has 0 aliphatic carbocycles. The molecule has 0 bridgehead atoms. The molecule has 0 spiro atoms. The topological polar surface area (TPSA) is 71.9 Å². The zero-order chi connectivity index (χ0) is 12.3. The molecule has 1 aliphatic rings. The SMILES string of the molecule is COc1cncc(O[C@H]2CCN(C(=O)O)C2)c1. The van der Waals surface area contributed by atoms with E-state index in [4.69, 9.17) is 14.6 Å². The third-order valence-corrected chi connectivity index (χ3v) is 2.64. The van der Waals surface area contributed by atoms with Crippen LogP contribution in [-0.2, 0) is 0 Å². The predicted octanol–water partition coefficient (Wildman–Crippen LogP) is 1.22. The molecule has 0 radical (unpaired) electrons. The Morgan fingerprint density at radius 1 is 1.53 bits per heavy atom. The number of ether oxygens (including phenoxy) is 2. The second kappa shape index (κ2) is 4.90. The first-order valence-electron chi connectivity index (χ1n) is 5.32. The Labute approximate surface area is 98.8 Å². The largest absolute Gasteiger partial charge is 0.495 e. The second-order valence-corrected chi connectivity index (χ2v) is 3.82. The summed E-state index contributed by atoms with van der Waals surface area (Å²) in [4.78, 5) is 16.1. The lowest BCUT2D eigenvalue weighted by Gasteiger charge is -2.14. The molecule has 2 heterocycles. The van der Waals surface area contributed by atoms with E-state index in [2.05, 4.69) is 4.98 Å². The number of carbonyl (C=O) groups is 1. The van der Waals surface area contributed by atoms with Crippen LogP contribution in [0.25, 0.3) is 0 Å². The maximum absolute atomic E-state index is 10.7. The molecule has 1 aromatic heterocycles. The highest BCUT2D eigenvalue weighted by molar-refractivity contribution is 5.65. The minimum atomic E-state index is -0.903. The lowest BCUT2D eigenvalue weighted by molar-refractivity contribution is 0.145. The van der Waals surface area contributed by atoms with Crippen LogP contribution in [0.1, 0.15) is 6.42 Å². The molecule has 17 heavy (non-hydrogen) atoms. The molecule has 2 rings (SSSR count). The standard InChI is InChI=1S/C11H14N2O4/c1-16-9-4-10(6-12-5-9)17-8-2-3-13(7-8)11(14)15/h4-6,8H,2-3,7H2,1H3,(H,14,15)/t8-/m0/s1. The first-order valence-corrected chi connectivity index (χ1v) is 5.32. The van der Waals surface area contributed by atoms with Gasteiger partial charge in [0.15, 0.2) is 0 Å². The number of hydrogen-bond donors (Lipinski definition) is 1. The Bertz CT molecular complexity index is 410. The molecule has 1 aromatic rings. The van der Waals surface area contributed by atoms with E-state index in [0.29, 0.717) is 31.0 Å². The zero-order valence-corrected chi connectivity index (χ0v) is 9.50. The number of methoxy groups -OCH3 is 1. The van der Waals surface area contributed by atoms with Crippen molar-refractivity contribution in [3.05, 3.63) is 18.5 Å². The van der Waals surface area contributed by atoms with Crippen molar-refractivity contribution >= 4 is 6.09 Å². The highest BCUT2D eigenvalue weighted by Gasteiger charge is 2.27. The van der Waals surface area contributed by atoms with E-state index >= 15 is 0 Å². The van der Waals surface area contributed by atoms with Gasteiger partial charge in [0.25, 0.3) is 0 Å². The van der Waals surface area contributed by atoms with Crippen LogP contribution in [0.3, 0.4) is 0 Å². The van der Waals surface area contributed by atoms with Crippen molar-refractivity contribution in [2.75, 3.05) is 20.2 Å². The first-order chi connectivity index (χ1) is 8.19. The highest BCUT2D eigenvalue weighted by atomic mass is 16.5. The van der Waals surface area contributed by atoms with Crippen molar-refractivity contribution in [1.82, 2.24) is 9.88 Å². The molecule has 6 heteroatoms. The number of aromatic nitrogens is 1. The van der Waals surface area contributed by atoms with Gasteiger partial charge in [-0.1, -0.05) is 0 Å². The van der Waals surface area contributed by atoms with E-state index in [-0.39, 0.29) is 6.10 Å². The van der Waals surface area contributed by atoms with Gasteiger partial charge in [-0.05, 0) is 0 Å². The number of likely N-dealkylation sites (tertiary alicyclic amines) is 1. The Kier molecular flexibility index (Phi) is 3.32. The van der Waals surface area contributed by atoms with Gasteiger partial charge in [0.1, 0.15) is 17.6 Å². The van der Waals surface area contributed by atoms with Crippen molar-refractivity contribution in [2.45, 2.75) is 12.5 Å². The van der Waals surface area contributed by atoms with Crippen LogP contribution in [0.4, 0.5) is 4.79 Å². The fourth-order valence-corrected chi connectivity index (χ4v) is 1.77. The summed E-state index contributed by atoms with van der Waals surface area (Å²) in [6.45, 7) is 0.907. The number of rotatable bonds is 3. The average Bonchev–Trinajstić information content (AvgIpc) is 2.78. The van der Waals surface area contributed by atoms with Gasteiger partial charge >= 0.3 is 6.09 Å². The van der Waals surface area contributed by atoms with Gasteiger partial charge in [0, 0.05) is 19.0 Å². The van der Waals surface area contributed by atoms with E-state index in [1.807, 2.05) is 0 Å². The zero-order valence-electron chi connectivity index (χ0n) is 9.50. The summed E-state index contributed by atoms with van der Waals surface area (Å²) in [7, 11) is 1.56. The Hall–Kier alpha value is -1.98. The molecule has 92 valence electrons. The maximum atomic E-state index is 10.7. The van der Waals surface area contributed by atoms with Crippen LogP contribution in [0.5, 0.6) is 11.5 Å². The Morgan fingerprint density at radius 3 is 2.94 bits per heavy atom. The molecule has 1 saturated heterocycles. The van der Waals surface area contributed by atoms with Crippen molar-refractivity contribution in [1.29, 1.82) is 0 Å². The van der Waals surface area contributed by atoms with Crippen molar-refractivity contribution in [3.8, 4) is 11.5 Å². The summed E-state index contributed by atoms with van der Waals surface area (Å²) in [5, 5.41) is 8.82. The van der Waals surface area contributed by atoms with E-state index < -0.39 is 6.09 Å². The number of pyridine rings is 1. The normalized spacial score (nSPS) is 19.1. The summed E-state index contributed by atoms with van der Waals surface area (Å²) < 4.78 is 10.7. The molecular formula is C11H14N2O4. The first kappa shape index (κ1) is 11.5. The molecule has 0 saturated carbocycles. The molecule has 6 nitrogen and oxygen atoms in total. The summed E-state index contributed by atoms with van der Waals surface area (Å²) in [5.74, 6) is 1.22. The molecule has 0 aromatic carbocycles. The van der Waals surface area contributed by atoms with Crippen LogP contribution in [0, 0.1) is 0 Å². The number of carboxylic acid groups (broad SMARTS) is 1. The quantitative estimate of drug-likeness (QED) is 0.857. The fourth-order valence-electron chi connectivity index (χ4n) is 1.77. The van der Waals surface area contributed by atoms with Gasteiger partial charge in [-0.15, -0.1) is 0 Å². The molecule has 1 aliphatic heterocycles. The van der Waals surface area contributed by atoms with Crippen LogP contribution in [0.15, 0.2) is 18.5 Å². The second-order valence-electron chi connectivity index (χ2n) is 3.82. The molecule has 1 fully saturated rings. The smallest absolute Gasteiger partial charge is 0.407 e. The Morgan fingerprint density at radius 2 is 2.29 bits per heavy atom. The highest BCUT2D eigenvalue weighted by Crippen LogP contribution is 2.21. The van der Waals surface area contributed by atoms with Gasteiger partial charge < -0.3 is 19.5 Å². The third kappa shape index (κ3) is 2.77. The van der Waals surface area contributed by atoms with Crippen molar-refractivity contribution in [2.24, 2.45) is 0 Å². The number of amides is 1. The van der Waals surface area contributed by atoms with Gasteiger partial charge in [-0.3, -0.25) is 4.98 Å². The van der Waals surface area contributed by atoms with Crippen LogP contribution in [0.2, 0.25) is 0 Å². The van der Waals surface area contributed by atoms with Crippen molar-refractivity contribution in [3.63, 3.8) is 0 Å². The maximum Gasteiger partial charge on any atom is 0.407 e. The average molecular weight is 238 g/mol. The Balaban J connectivity index is 1.95. The van der Waals surface area contributed by atoms with Gasteiger partial charge in [-0.2, -0.15) is 0 Å². The lowest BCUT2D eigenvalue weighted by atomic mass is 10.3.